The number of esters is 3. The summed E-state index contributed by atoms with van der Waals surface area (Å²) < 4.78 is 15.7. The van der Waals surface area contributed by atoms with E-state index in [9.17, 15) is 14.4 Å². The Hall–Kier alpha value is -3.03. The SMILES string of the molecule is CCOC(=O)C1=C2N(C)c3ccccc3N2[C@H](C(=O)OCC)[C@@H]1C(=O)OCC. The third kappa shape index (κ3) is 2.98. The molecular formula is C20H24N2O6. The number of rotatable bonds is 6. The van der Waals surface area contributed by atoms with Crippen LogP contribution in [-0.4, -0.2) is 50.8 Å². The van der Waals surface area contributed by atoms with Crippen molar-refractivity contribution in [2.75, 3.05) is 36.7 Å². The van der Waals surface area contributed by atoms with Gasteiger partial charge in [-0.05, 0) is 32.9 Å². The first-order valence-corrected chi connectivity index (χ1v) is 9.34. The number of nitrogens with zero attached hydrogens (tertiary/aromatic N) is 2. The fourth-order valence-electron chi connectivity index (χ4n) is 3.75. The predicted molar refractivity (Wildman–Crippen MR) is 102 cm³/mol. The normalized spacial score (nSPS) is 20.0. The lowest BCUT2D eigenvalue weighted by Gasteiger charge is -2.26. The standard InChI is InChI=1S/C20H24N2O6/c1-5-26-18(23)14-15(19(24)27-6-2)17-21(4)12-10-8-9-11-13(12)22(17)16(14)20(25)28-7-3/h8-11,14,16H,5-7H2,1-4H3/t14-,16+/m1/s1. The van der Waals surface area contributed by atoms with Crippen LogP contribution in [0.2, 0.25) is 0 Å². The van der Waals surface area contributed by atoms with Crippen LogP contribution in [0.25, 0.3) is 0 Å². The Morgan fingerprint density at radius 3 is 2.07 bits per heavy atom. The number of hydrogen-bond donors (Lipinski definition) is 0. The molecule has 0 saturated heterocycles. The predicted octanol–water partition coefficient (Wildman–Crippen LogP) is 1.84. The molecule has 0 aliphatic carbocycles. The Labute approximate surface area is 163 Å². The zero-order valence-corrected chi connectivity index (χ0v) is 16.4. The van der Waals surface area contributed by atoms with E-state index < -0.39 is 29.9 Å². The van der Waals surface area contributed by atoms with Crippen molar-refractivity contribution >= 4 is 29.3 Å². The molecule has 1 aromatic rings. The Morgan fingerprint density at radius 2 is 1.46 bits per heavy atom. The molecule has 2 heterocycles. The quantitative estimate of drug-likeness (QED) is 0.539. The summed E-state index contributed by atoms with van der Waals surface area (Å²) in [6.45, 7) is 5.48. The minimum Gasteiger partial charge on any atom is -0.465 e. The molecule has 0 fully saturated rings. The molecule has 0 bridgehead atoms. The molecule has 0 saturated carbocycles. The molecule has 2 aliphatic heterocycles. The smallest absolute Gasteiger partial charge is 0.338 e. The minimum atomic E-state index is -1.14. The van der Waals surface area contributed by atoms with Crippen molar-refractivity contribution in [3.63, 3.8) is 0 Å². The Kier molecular flexibility index (Phi) is 5.58. The zero-order chi connectivity index (χ0) is 20.4. The Morgan fingerprint density at radius 1 is 0.893 bits per heavy atom. The topological polar surface area (TPSA) is 85.4 Å². The second-order valence-corrected chi connectivity index (χ2v) is 6.30. The fraction of sp³-hybridized carbons (Fsp3) is 0.450. The lowest BCUT2D eigenvalue weighted by Crippen LogP contribution is -2.45. The molecule has 0 amide bonds. The van der Waals surface area contributed by atoms with Gasteiger partial charge in [-0.2, -0.15) is 0 Å². The van der Waals surface area contributed by atoms with E-state index in [-0.39, 0.29) is 25.4 Å². The maximum atomic E-state index is 12.9. The first kappa shape index (κ1) is 19.7. The van der Waals surface area contributed by atoms with Crippen LogP contribution in [0.5, 0.6) is 0 Å². The molecule has 150 valence electrons. The number of hydrogen-bond acceptors (Lipinski definition) is 8. The maximum absolute atomic E-state index is 12.9. The number of ether oxygens (including phenoxy) is 3. The van der Waals surface area contributed by atoms with Crippen LogP contribution in [0.1, 0.15) is 20.8 Å². The van der Waals surface area contributed by atoms with Gasteiger partial charge in [-0.3, -0.25) is 4.79 Å². The molecule has 2 atom stereocenters. The van der Waals surface area contributed by atoms with E-state index in [0.29, 0.717) is 11.5 Å². The summed E-state index contributed by atoms with van der Waals surface area (Å²) in [6, 6.07) is 6.37. The van der Waals surface area contributed by atoms with E-state index in [1.54, 1.807) is 37.6 Å². The van der Waals surface area contributed by atoms with Gasteiger partial charge in [0.15, 0.2) is 6.04 Å². The highest BCUT2D eigenvalue weighted by atomic mass is 16.5. The number of fused-ring (bicyclic) bond motifs is 3. The van der Waals surface area contributed by atoms with Gasteiger partial charge >= 0.3 is 17.9 Å². The summed E-state index contributed by atoms with van der Waals surface area (Å²) in [5.74, 6) is -2.59. The van der Waals surface area contributed by atoms with Gasteiger partial charge in [-0.1, -0.05) is 12.1 Å². The molecule has 0 spiro atoms. The third-order valence-corrected chi connectivity index (χ3v) is 4.76. The van der Waals surface area contributed by atoms with Gasteiger partial charge in [0, 0.05) is 7.05 Å². The van der Waals surface area contributed by atoms with Crippen LogP contribution in [0.15, 0.2) is 35.7 Å². The van der Waals surface area contributed by atoms with Crippen molar-refractivity contribution in [1.82, 2.24) is 0 Å². The highest BCUT2D eigenvalue weighted by Crippen LogP contribution is 2.50. The fourth-order valence-corrected chi connectivity index (χ4v) is 3.75. The lowest BCUT2D eigenvalue weighted by molar-refractivity contribution is -0.155. The molecule has 28 heavy (non-hydrogen) atoms. The number of benzene rings is 1. The van der Waals surface area contributed by atoms with Gasteiger partial charge in [0.1, 0.15) is 11.7 Å². The highest BCUT2D eigenvalue weighted by molar-refractivity contribution is 6.07. The van der Waals surface area contributed by atoms with Gasteiger partial charge in [0.05, 0.1) is 36.8 Å². The maximum Gasteiger partial charge on any atom is 0.338 e. The molecule has 8 heteroatoms. The molecule has 0 aromatic heterocycles. The van der Waals surface area contributed by atoms with Crippen molar-refractivity contribution in [1.29, 1.82) is 0 Å². The van der Waals surface area contributed by atoms with Crippen LogP contribution >= 0.6 is 0 Å². The first-order chi connectivity index (χ1) is 13.5. The van der Waals surface area contributed by atoms with Gasteiger partial charge in [0.2, 0.25) is 0 Å². The van der Waals surface area contributed by atoms with E-state index in [1.807, 2.05) is 24.3 Å². The molecule has 0 N–H and O–H groups in total. The van der Waals surface area contributed by atoms with Crippen LogP contribution in [0, 0.1) is 5.92 Å². The van der Waals surface area contributed by atoms with Crippen molar-refractivity contribution < 1.29 is 28.6 Å². The first-order valence-electron chi connectivity index (χ1n) is 9.34. The zero-order valence-electron chi connectivity index (χ0n) is 16.4. The summed E-state index contributed by atoms with van der Waals surface area (Å²) >= 11 is 0. The van der Waals surface area contributed by atoms with E-state index in [4.69, 9.17) is 14.2 Å². The summed E-state index contributed by atoms with van der Waals surface area (Å²) in [5, 5.41) is 0. The van der Waals surface area contributed by atoms with Gasteiger partial charge < -0.3 is 24.0 Å². The average Bonchev–Trinajstić information content (AvgIpc) is 3.17. The van der Waals surface area contributed by atoms with Crippen LogP contribution in [0.3, 0.4) is 0 Å². The Bertz CT molecular complexity index is 834. The third-order valence-electron chi connectivity index (χ3n) is 4.76. The summed E-state index contributed by atoms with van der Waals surface area (Å²) in [4.78, 5) is 42.0. The van der Waals surface area contributed by atoms with E-state index in [0.717, 1.165) is 5.69 Å². The van der Waals surface area contributed by atoms with Crippen LogP contribution in [-0.2, 0) is 28.6 Å². The van der Waals surface area contributed by atoms with Gasteiger partial charge in [-0.25, -0.2) is 9.59 Å². The molecule has 3 rings (SSSR count). The average molecular weight is 388 g/mol. The van der Waals surface area contributed by atoms with Crippen molar-refractivity contribution in [3.8, 4) is 0 Å². The summed E-state index contributed by atoms with van der Waals surface area (Å²) in [6.07, 6.45) is 0. The van der Waals surface area contributed by atoms with E-state index in [2.05, 4.69) is 0 Å². The largest absolute Gasteiger partial charge is 0.465 e. The van der Waals surface area contributed by atoms with E-state index >= 15 is 0 Å². The number of para-hydroxylation sites is 2. The number of carbonyl (C=O) groups excluding carboxylic acids is 3. The molecule has 1 aromatic carbocycles. The molecule has 0 unspecified atom stereocenters. The van der Waals surface area contributed by atoms with Crippen molar-refractivity contribution in [2.45, 2.75) is 26.8 Å². The lowest BCUT2D eigenvalue weighted by atomic mass is 9.93. The molecule has 8 nitrogen and oxygen atoms in total. The molecule has 2 aliphatic rings. The molecular weight excluding hydrogens is 364 g/mol. The minimum absolute atomic E-state index is 0.108. The second-order valence-electron chi connectivity index (χ2n) is 6.30. The summed E-state index contributed by atoms with van der Waals surface area (Å²) in [5.41, 5.74) is 1.64. The monoisotopic (exact) mass is 388 g/mol. The number of carbonyl (C=O) groups is 3. The van der Waals surface area contributed by atoms with Crippen LogP contribution < -0.4 is 9.80 Å². The summed E-state index contributed by atoms with van der Waals surface area (Å²) in [7, 11) is 1.78. The molecule has 0 radical (unpaired) electrons. The van der Waals surface area contributed by atoms with Crippen molar-refractivity contribution in [2.24, 2.45) is 5.92 Å². The van der Waals surface area contributed by atoms with Crippen LogP contribution in [0.4, 0.5) is 11.4 Å². The number of anilines is 2. The second kappa shape index (κ2) is 7.92. The van der Waals surface area contributed by atoms with Gasteiger partial charge in [0.25, 0.3) is 0 Å². The highest BCUT2D eigenvalue weighted by Gasteiger charge is 2.57. The van der Waals surface area contributed by atoms with Crippen molar-refractivity contribution in [3.05, 3.63) is 35.7 Å². The Balaban J connectivity index is 2.21. The van der Waals surface area contributed by atoms with E-state index in [1.165, 1.54) is 0 Å². The van der Waals surface area contributed by atoms with Gasteiger partial charge in [-0.15, -0.1) is 0 Å².